The molecule has 0 bridgehead atoms. The van der Waals surface area contributed by atoms with Gasteiger partial charge in [-0.25, -0.2) is 0 Å². The Kier molecular flexibility index (Phi) is 5.14. The molecule has 0 aliphatic carbocycles. The Labute approximate surface area is 63.1 Å². The molecule has 0 aromatic rings. The lowest BCUT2D eigenvalue weighted by Crippen LogP contribution is -2.33. The van der Waals surface area contributed by atoms with Gasteiger partial charge in [-0.2, -0.15) is 0 Å². The maximum atomic E-state index is 3.89. The first-order valence-electron chi connectivity index (χ1n) is 2.29. The summed E-state index contributed by atoms with van der Waals surface area (Å²) in [6, 6.07) is 0. The fraction of sp³-hybridized carbons (Fsp3) is 0.750. The molecule has 0 fully saturated rings. The van der Waals surface area contributed by atoms with Gasteiger partial charge in [-0.05, 0) is 0 Å². The van der Waals surface area contributed by atoms with Crippen molar-refractivity contribution in [2.75, 3.05) is 18.6 Å². The van der Waals surface area contributed by atoms with Crippen molar-refractivity contribution in [1.82, 2.24) is 10.6 Å². The van der Waals surface area contributed by atoms with E-state index in [1.165, 1.54) is 0 Å². The standard InChI is InChI=1S/C4H10IN3/c1-6-4(7-2)8-3-5/h3H2,1-2H3,(H2,6,7,8). The molecule has 48 valence electrons. The predicted octanol–water partition coefficient (Wildman–Crippen LogP) is 0.174. The van der Waals surface area contributed by atoms with Crippen molar-refractivity contribution in [1.29, 1.82) is 0 Å². The van der Waals surface area contributed by atoms with Crippen molar-refractivity contribution in [2.24, 2.45) is 4.99 Å². The van der Waals surface area contributed by atoms with Crippen LogP contribution in [0.25, 0.3) is 0 Å². The van der Waals surface area contributed by atoms with Gasteiger partial charge in [-0.15, -0.1) is 0 Å². The molecule has 0 heterocycles. The summed E-state index contributed by atoms with van der Waals surface area (Å²) in [6.07, 6.45) is 0. The summed E-state index contributed by atoms with van der Waals surface area (Å²) >= 11 is 2.22. The molecule has 3 nitrogen and oxygen atoms in total. The lowest BCUT2D eigenvalue weighted by atomic mass is 10.9. The molecule has 0 aromatic carbocycles. The van der Waals surface area contributed by atoms with Crippen molar-refractivity contribution in [3.05, 3.63) is 0 Å². The molecule has 0 rings (SSSR count). The number of hydrogen-bond acceptors (Lipinski definition) is 1. The van der Waals surface area contributed by atoms with E-state index >= 15 is 0 Å². The van der Waals surface area contributed by atoms with E-state index in [2.05, 4.69) is 38.2 Å². The van der Waals surface area contributed by atoms with Crippen molar-refractivity contribution in [3.8, 4) is 0 Å². The highest BCUT2D eigenvalue weighted by molar-refractivity contribution is 14.1. The van der Waals surface area contributed by atoms with Gasteiger partial charge in [0.2, 0.25) is 0 Å². The van der Waals surface area contributed by atoms with Gasteiger partial charge in [-0.1, -0.05) is 22.6 Å². The Hall–Kier alpha value is 0. The van der Waals surface area contributed by atoms with E-state index in [1.54, 1.807) is 7.05 Å². The van der Waals surface area contributed by atoms with Gasteiger partial charge in [0.1, 0.15) is 0 Å². The maximum Gasteiger partial charge on any atom is 0.191 e. The fourth-order valence-electron chi connectivity index (χ4n) is 0.343. The van der Waals surface area contributed by atoms with Gasteiger partial charge in [0.05, 0.1) is 4.55 Å². The van der Waals surface area contributed by atoms with Crippen LogP contribution in [0.1, 0.15) is 0 Å². The number of aliphatic imine (C=N–C) groups is 1. The van der Waals surface area contributed by atoms with Crippen LogP contribution >= 0.6 is 22.6 Å². The first-order chi connectivity index (χ1) is 3.85. The zero-order valence-corrected chi connectivity index (χ0v) is 7.19. The average molecular weight is 227 g/mol. The van der Waals surface area contributed by atoms with E-state index < -0.39 is 0 Å². The van der Waals surface area contributed by atoms with E-state index in [0.717, 1.165) is 10.5 Å². The molecule has 0 radical (unpaired) electrons. The molecule has 0 aliphatic heterocycles. The number of guanidine groups is 1. The second-order valence-corrected chi connectivity index (χ2v) is 1.90. The van der Waals surface area contributed by atoms with E-state index in [9.17, 15) is 0 Å². The van der Waals surface area contributed by atoms with Crippen LogP contribution in [0, 0.1) is 0 Å². The molecule has 2 N–H and O–H groups in total. The molecule has 8 heavy (non-hydrogen) atoms. The minimum atomic E-state index is 0.833. The van der Waals surface area contributed by atoms with Crippen molar-refractivity contribution in [2.45, 2.75) is 0 Å². The molecule has 0 unspecified atom stereocenters. The molecular formula is C4H10IN3. The largest absolute Gasteiger partial charge is 0.359 e. The minimum absolute atomic E-state index is 0.833. The fourth-order valence-corrected chi connectivity index (χ4v) is 0.704. The molecule has 0 spiro atoms. The molecule has 0 atom stereocenters. The zero-order valence-electron chi connectivity index (χ0n) is 5.03. The average Bonchev–Trinajstić information content (AvgIpc) is 1.83. The van der Waals surface area contributed by atoms with Crippen LogP contribution in [-0.2, 0) is 0 Å². The van der Waals surface area contributed by atoms with Gasteiger partial charge >= 0.3 is 0 Å². The molecule has 0 aromatic heterocycles. The zero-order chi connectivity index (χ0) is 6.41. The van der Waals surface area contributed by atoms with Crippen LogP contribution in [-0.4, -0.2) is 24.6 Å². The maximum absolute atomic E-state index is 3.89. The summed E-state index contributed by atoms with van der Waals surface area (Å²) in [6.45, 7) is 0. The summed E-state index contributed by atoms with van der Waals surface area (Å²) in [5.41, 5.74) is 0. The van der Waals surface area contributed by atoms with Gasteiger partial charge in [0, 0.05) is 14.1 Å². The third-order valence-electron chi connectivity index (χ3n) is 0.695. The van der Waals surface area contributed by atoms with E-state index in [4.69, 9.17) is 0 Å². The van der Waals surface area contributed by atoms with Gasteiger partial charge in [0.25, 0.3) is 0 Å². The number of nitrogens with zero attached hydrogens (tertiary/aromatic N) is 1. The van der Waals surface area contributed by atoms with E-state index in [-0.39, 0.29) is 0 Å². The first-order valence-corrected chi connectivity index (χ1v) is 3.82. The van der Waals surface area contributed by atoms with Crippen LogP contribution in [0.2, 0.25) is 0 Å². The highest BCUT2D eigenvalue weighted by Gasteiger charge is 1.84. The van der Waals surface area contributed by atoms with Crippen molar-refractivity contribution < 1.29 is 0 Å². The summed E-state index contributed by atoms with van der Waals surface area (Å²) in [5, 5.41) is 5.89. The molecule has 0 saturated carbocycles. The summed E-state index contributed by atoms with van der Waals surface area (Å²) in [7, 11) is 3.58. The second kappa shape index (κ2) is 5.14. The Morgan fingerprint density at radius 2 is 2.38 bits per heavy atom. The third kappa shape index (κ3) is 3.06. The molecule has 0 saturated heterocycles. The van der Waals surface area contributed by atoms with Crippen molar-refractivity contribution in [3.63, 3.8) is 0 Å². The highest BCUT2D eigenvalue weighted by Crippen LogP contribution is 1.72. The molecule has 4 heteroatoms. The molecular weight excluding hydrogens is 217 g/mol. The quantitative estimate of drug-likeness (QED) is 0.220. The lowest BCUT2D eigenvalue weighted by molar-refractivity contribution is 1.00. The number of alkyl halides is 1. The predicted molar refractivity (Wildman–Crippen MR) is 44.4 cm³/mol. The third-order valence-corrected chi connectivity index (χ3v) is 1.08. The van der Waals surface area contributed by atoms with Crippen LogP contribution in [0.4, 0.5) is 0 Å². The monoisotopic (exact) mass is 227 g/mol. The van der Waals surface area contributed by atoms with Gasteiger partial charge in [-0.3, -0.25) is 4.99 Å². The summed E-state index contributed by atoms with van der Waals surface area (Å²) in [4.78, 5) is 3.89. The van der Waals surface area contributed by atoms with Crippen LogP contribution < -0.4 is 10.6 Å². The normalized spacial score (nSPS) is 11.1. The Balaban J connectivity index is 3.38. The number of hydrogen-bond donors (Lipinski definition) is 2. The second-order valence-electron chi connectivity index (χ2n) is 1.13. The number of rotatable bonds is 1. The van der Waals surface area contributed by atoms with E-state index in [0.29, 0.717) is 0 Å². The lowest BCUT2D eigenvalue weighted by Gasteiger charge is -2.02. The highest BCUT2D eigenvalue weighted by atomic mass is 127. The smallest absolute Gasteiger partial charge is 0.191 e. The van der Waals surface area contributed by atoms with E-state index in [1.807, 2.05) is 7.05 Å². The minimum Gasteiger partial charge on any atom is -0.359 e. The van der Waals surface area contributed by atoms with Crippen LogP contribution in [0.15, 0.2) is 4.99 Å². The summed E-state index contributed by atoms with van der Waals surface area (Å²) in [5.74, 6) is 0.833. The SMILES string of the molecule is CN=C(NC)NCI. The van der Waals surface area contributed by atoms with Crippen molar-refractivity contribution >= 4 is 28.6 Å². The Morgan fingerprint density at radius 3 is 2.50 bits per heavy atom. The molecule has 0 amide bonds. The van der Waals surface area contributed by atoms with Gasteiger partial charge < -0.3 is 10.6 Å². The van der Waals surface area contributed by atoms with Crippen LogP contribution in [0.5, 0.6) is 0 Å². The Morgan fingerprint density at radius 1 is 1.75 bits per heavy atom. The number of halogens is 1. The first kappa shape index (κ1) is 8.00. The Bertz CT molecular complexity index is 81.4. The van der Waals surface area contributed by atoms with Gasteiger partial charge in [0.15, 0.2) is 5.96 Å². The summed E-state index contributed by atoms with van der Waals surface area (Å²) < 4.78 is 0.880. The number of nitrogens with one attached hydrogen (secondary N) is 2. The topological polar surface area (TPSA) is 36.4 Å². The molecule has 0 aliphatic rings. The van der Waals surface area contributed by atoms with Crippen LogP contribution in [0.3, 0.4) is 0 Å².